The lowest BCUT2D eigenvalue weighted by Crippen LogP contribution is -2.38. The Morgan fingerprint density at radius 1 is 0.750 bits per heavy atom. The number of ether oxygens (including phenoxy) is 1. The normalized spacial score (nSPS) is 13.4. The van der Waals surface area contributed by atoms with Crippen molar-refractivity contribution in [2.45, 2.75) is 36.7 Å². The van der Waals surface area contributed by atoms with Gasteiger partial charge in [0, 0.05) is 19.3 Å². The summed E-state index contributed by atoms with van der Waals surface area (Å²) < 4.78 is 34.4. The van der Waals surface area contributed by atoms with Gasteiger partial charge in [0.2, 0.25) is 0 Å². The number of nitrogens with one attached hydrogen (secondary N) is 3. The van der Waals surface area contributed by atoms with Crippen LogP contribution in [0.1, 0.15) is 77.0 Å². The molecule has 15 heteroatoms. The molecule has 6 rings (SSSR count). The van der Waals surface area contributed by atoms with Gasteiger partial charge >= 0.3 is 18.0 Å². The lowest BCUT2D eigenvalue weighted by molar-refractivity contribution is 0.0613. The molecular weight excluding hydrogens is 741 g/mol. The molecule has 5 aromatic carbocycles. The van der Waals surface area contributed by atoms with E-state index >= 15 is 0 Å². The maximum Gasteiger partial charge on any atom is 0.336 e. The molecule has 0 bridgehead atoms. The summed E-state index contributed by atoms with van der Waals surface area (Å²) in [6.45, 7) is -0.0375. The molecule has 5 N–H and O–H groups in total. The van der Waals surface area contributed by atoms with Crippen molar-refractivity contribution in [2.75, 3.05) is 12.4 Å². The van der Waals surface area contributed by atoms with Crippen LogP contribution < -0.4 is 20.1 Å². The number of nitrogens with zero attached hydrogens (tertiary/aromatic N) is 1. The third-order valence-electron chi connectivity index (χ3n) is 9.18. The zero-order chi connectivity index (χ0) is 40.0. The standard InChI is InChI=1S/C41H36N4O10S/c1-42-41(52)43-27-17-19-30(20-18-27)56(53,54)44-37(46)32-22-33(35(40(50)51)23-34(32)39(48)49)38(47)45(36-16-8-11-26-10-5-6-15-31(26)36)24-25-9-7-14-29(21-25)55-28-12-3-2-4-13-28/h2-7,9-10,12-15,17-23,36H,8,11,16,24H2,1H3,(H,44,46)(H,48,49)(H,50,51)(H2,42,43,52)/t36-/m0/s1. The molecule has 0 heterocycles. The van der Waals surface area contributed by atoms with Crippen LogP contribution in [0.3, 0.4) is 0 Å². The highest BCUT2D eigenvalue weighted by atomic mass is 32.2. The van der Waals surface area contributed by atoms with Crippen molar-refractivity contribution in [1.29, 1.82) is 0 Å². The first-order valence-corrected chi connectivity index (χ1v) is 18.8. The first-order chi connectivity index (χ1) is 26.8. The lowest BCUT2D eigenvalue weighted by Gasteiger charge is -2.36. The van der Waals surface area contributed by atoms with Crippen molar-refractivity contribution in [3.63, 3.8) is 0 Å². The van der Waals surface area contributed by atoms with Gasteiger partial charge < -0.3 is 30.5 Å². The molecule has 286 valence electrons. The minimum Gasteiger partial charge on any atom is -0.478 e. The summed E-state index contributed by atoms with van der Waals surface area (Å²) in [5.41, 5.74) is -0.0684. The van der Waals surface area contributed by atoms with Crippen LogP contribution in [0, 0.1) is 0 Å². The third-order valence-corrected chi connectivity index (χ3v) is 10.5. The molecule has 0 fully saturated rings. The summed E-state index contributed by atoms with van der Waals surface area (Å²) in [7, 11) is -3.25. The molecule has 1 atom stereocenters. The Kier molecular flexibility index (Phi) is 11.5. The second-order valence-corrected chi connectivity index (χ2v) is 14.5. The van der Waals surface area contributed by atoms with E-state index in [-0.39, 0.29) is 12.2 Å². The Hall–Kier alpha value is -7.00. The predicted octanol–water partition coefficient (Wildman–Crippen LogP) is 6.47. The number of hydrogen-bond acceptors (Lipinski definition) is 8. The zero-order valence-corrected chi connectivity index (χ0v) is 30.7. The van der Waals surface area contributed by atoms with Crippen LogP contribution in [0.25, 0.3) is 0 Å². The van der Waals surface area contributed by atoms with Gasteiger partial charge in [-0.15, -0.1) is 0 Å². The fraction of sp³-hybridized carbons (Fsp3) is 0.146. The number of benzene rings is 5. The number of hydrogen-bond donors (Lipinski definition) is 5. The van der Waals surface area contributed by atoms with Gasteiger partial charge in [-0.3, -0.25) is 9.59 Å². The number of aromatic carboxylic acids is 2. The van der Waals surface area contributed by atoms with E-state index < -0.39 is 73.0 Å². The summed E-state index contributed by atoms with van der Waals surface area (Å²) in [6, 6.07) is 28.9. The molecule has 56 heavy (non-hydrogen) atoms. The number of amides is 4. The second-order valence-electron chi connectivity index (χ2n) is 12.8. The Labute approximate surface area is 321 Å². The van der Waals surface area contributed by atoms with E-state index in [1.807, 2.05) is 47.2 Å². The maximum atomic E-state index is 14.9. The number of sulfonamides is 1. The molecule has 1 aliphatic rings. The van der Waals surface area contributed by atoms with Crippen LogP contribution in [-0.2, 0) is 23.0 Å². The van der Waals surface area contributed by atoms with Gasteiger partial charge in [-0.25, -0.2) is 27.5 Å². The highest BCUT2D eigenvalue weighted by Crippen LogP contribution is 2.37. The van der Waals surface area contributed by atoms with E-state index in [2.05, 4.69) is 10.6 Å². The SMILES string of the molecule is CNC(=O)Nc1ccc(S(=O)(=O)NC(=O)c2cc(C(=O)N(Cc3cccc(Oc4ccccc4)c3)[C@H]3CCCc4ccccc43)c(C(=O)O)cc2C(=O)O)cc1. The van der Waals surface area contributed by atoms with Crippen LogP contribution in [-0.4, -0.2) is 60.4 Å². The summed E-state index contributed by atoms with van der Waals surface area (Å²) >= 11 is 0. The van der Waals surface area contributed by atoms with E-state index in [1.165, 1.54) is 24.1 Å². The molecular formula is C41H36N4O10S. The first kappa shape index (κ1) is 38.7. The minimum absolute atomic E-state index is 0.0375. The number of fused-ring (bicyclic) bond motifs is 1. The van der Waals surface area contributed by atoms with E-state index in [1.54, 1.807) is 36.4 Å². The van der Waals surface area contributed by atoms with Crippen LogP contribution >= 0.6 is 0 Å². The monoisotopic (exact) mass is 776 g/mol. The van der Waals surface area contributed by atoms with Crippen molar-refractivity contribution in [3.05, 3.63) is 154 Å². The van der Waals surface area contributed by atoms with E-state index in [9.17, 15) is 42.6 Å². The van der Waals surface area contributed by atoms with E-state index in [4.69, 9.17) is 4.74 Å². The summed E-state index contributed by atoms with van der Waals surface area (Å²) in [6.07, 6.45) is 1.98. The van der Waals surface area contributed by atoms with Gasteiger partial charge in [-0.2, -0.15) is 0 Å². The Bertz CT molecular complexity index is 2440. The second kappa shape index (κ2) is 16.6. The van der Waals surface area contributed by atoms with Gasteiger partial charge in [0.1, 0.15) is 11.5 Å². The van der Waals surface area contributed by atoms with Crippen molar-refractivity contribution < 1.29 is 47.3 Å². The molecule has 0 saturated carbocycles. The topological polar surface area (TPSA) is 209 Å². The first-order valence-electron chi connectivity index (χ1n) is 17.4. The maximum absolute atomic E-state index is 14.9. The predicted molar refractivity (Wildman–Crippen MR) is 204 cm³/mol. The molecule has 0 aliphatic heterocycles. The molecule has 1 aliphatic carbocycles. The average molecular weight is 777 g/mol. The number of carboxylic acid groups (broad SMARTS) is 2. The molecule has 5 aromatic rings. The molecule has 0 radical (unpaired) electrons. The van der Waals surface area contributed by atoms with Gasteiger partial charge in [-0.05, 0) is 96.6 Å². The number of aryl methyl sites for hydroxylation is 1. The number of anilines is 1. The van der Waals surface area contributed by atoms with E-state index in [0.29, 0.717) is 36.0 Å². The Morgan fingerprint density at radius 2 is 1.39 bits per heavy atom. The number of urea groups is 1. The lowest BCUT2D eigenvalue weighted by atomic mass is 9.86. The average Bonchev–Trinajstić information content (AvgIpc) is 3.19. The fourth-order valence-electron chi connectivity index (χ4n) is 6.52. The fourth-order valence-corrected chi connectivity index (χ4v) is 7.49. The van der Waals surface area contributed by atoms with Gasteiger partial charge in [-0.1, -0.05) is 54.6 Å². The molecule has 0 saturated heterocycles. The number of rotatable bonds is 12. The number of carboxylic acids is 2. The summed E-state index contributed by atoms with van der Waals surface area (Å²) in [4.78, 5) is 66.3. The largest absolute Gasteiger partial charge is 0.478 e. The summed E-state index contributed by atoms with van der Waals surface area (Å²) in [5, 5.41) is 25.2. The third kappa shape index (κ3) is 8.69. The number of carbonyl (C=O) groups is 5. The molecule has 14 nitrogen and oxygen atoms in total. The van der Waals surface area contributed by atoms with Crippen molar-refractivity contribution in [2.24, 2.45) is 0 Å². The smallest absolute Gasteiger partial charge is 0.336 e. The van der Waals surface area contributed by atoms with Crippen molar-refractivity contribution in [1.82, 2.24) is 14.9 Å². The van der Waals surface area contributed by atoms with Gasteiger partial charge in [0.15, 0.2) is 0 Å². The Morgan fingerprint density at radius 3 is 2.09 bits per heavy atom. The van der Waals surface area contributed by atoms with Crippen molar-refractivity contribution in [3.8, 4) is 11.5 Å². The summed E-state index contributed by atoms with van der Waals surface area (Å²) in [5.74, 6) is -4.53. The van der Waals surface area contributed by atoms with Gasteiger partial charge in [0.05, 0.1) is 33.2 Å². The minimum atomic E-state index is -4.64. The zero-order valence-electron chi connectivity index (χ0n) is 29.9. The number of carbonyl (C=O) groups excluding carboxylic acids is 3. The van der Waals surface area contributed by atoms with Crippen molar-refractivity contribution >= 4 is 45.5 Å². The molecule has 4 amide bonds. The highest BCUT2D eigenvalue weighted by Gasteiger charge is 2.34. The Balaban J connectivity index is 1.40. The highest BCUT2D eigenvalue weighted by molar-refractivity contribution is 7.90. The van der Waals surface area contributed by atoms with Crippen LogP contribution in [0.5, 0.6) is 11.5 Å². The molecule has 0 unspecified atom stereocenters. The van der Waals surface area contributed by atoms with Crippen LogP contribution in [0.2, 0.25) is 0 Å². The van der Waals surface area contributed by atoms with Crippen LogP contribution in [0.4, 0.5) is 10.5 Å². The van der Waals surface area contributed by atoms with Gasteiger partial charge in [0.25, 0.3) is 21.8 Å². The molecule has 0 spiro atoms. The van der Waals surface area contributed by atoms with Crippen LogP contribution in [0.15, 0.2) is 120 Å². The number of para-hydroxylation sites is 1. The molecule has 0 aromatic heterocycles. The quantitative estimate of drug-likeness (QED) is 0.0933. The van der Waals surface area contributed by atoms with E-state index in [0.717, 1.165) is 35.7 Å².